The molecule has 14 rings (SSSR count). The number of thiophene rings is 2. The monoisotopic (exact) mass is 826 g/mol. The van der Waals surface area contributed by atoms with Gasteiger partial charge in [-0.05, 0) is 92.7 Å². The lowest BCUT2D eigenvalue weighted by molar-refractivity contribution is 0.755. The van der Waals surface area contributed by atoms with Crippen molar-refractivity contribution in [2.24, 2.45) is 0 Å². The van der Waals surface area contributed by atoms with Crippen molar-refractivity contribution in [1.82, 2.24) is 19.9 Å². The molecule has 0 spiro atoms. The van der Waals surface area contributed by atoms with Crippen molar-refractivity contribution in [2.75, 3.05) is 0 Å². The Morgan fingerprint density at radius 3 is 1.13 bits per heavy atom. The number of benzene rings is 7. The second kappa shape index (κ2) is 14.1. The molecule has 2 bridgehead atoms. The van der Waals surface area contributed by atoms with E-state index >= 15 is 0 Å². The summed E-state index contributed by atoms with van der Waals surface area (Å²) in [6.45, 7) is 0. The van der Waals surface area contributed by atoms with Crippen LogP contribution in [0.5, 0.6) is 0 Å². The van der Waals surface area contributed by atoms with Crippen molar-refractivity contribution in [3.05, 3.63) is 228 Å². The first-order valence-corrected chi connectivity index (χ1v) is 22.6. The molecule has 4 aromatic heterocycles. The van der Waals surface area contributed by atoms with Crippen molar-refractivity contribution in [3.8, 4) is 66.4 Å². The van der Waals surface area contributed by atoms with Gasteiger partial charge in [0.2, 0.25) is 0 Å². The van der Waals surface area contributed by atoms with Crippen LogP contribution in [0.4, 0.5) is 0 Å². The summed E-state index contributed by atoms with van der Waals surface area (Å²) >= 11 is 3.55. The molecule has 290 valence electrons. The van der Waals surface area contributed by atoms with Gasteiger partial charge in [-0.2, -0.15) is 0 Å². The number of hydrogen-bond donors (Lipinski definition) is 0. The molecular weight excluding hydrogens is 793 g/mol. The minimum Gasteiger partial charge on any atom is -0.228 e. The number of rotatable bonds is 6. The first-order valence-electron chi connectivity index (χ1n) is 20.9. The third-order valence-electron chi connectivity index (χ3n) is 12.5. The summed E-state index contributed by atoms with van der Waals surface area (Å²) in [5.41, 5.74) is 16.1. The fourth-order valence-corrected chi connectivity index (χ4v) is 11.7. The summed E-state index contributed by atoms with van der Waals surface area (Å²) in [7, 11) is 0. The zero-order valence-electron chi connectivity index (χ0n) is 33.2. The molecule has 6 heteroatoms. The SMILES string of the molecule is c1ccc(-c2nc(-c3ccc4c(c3)C3c5ccccc5C4c4cc(-c5cc(-c6cc7ccccc7s6)nc(-c6ccccc6)n5)ccc43)cc(-c3cc4ccccc4s3)n2)cc1. The normalized spacial score (nSPS) is 14.8. The maximum Gasteiger partial charge on any atom is 0.160 e. The van der Waals surface area contributed by atoms with Crippen LogP contribution in [-0.2, 0) is 0 Å². The molecule has 11 aromatic rings. The van der Waals surface area contributed by atoms with E-state index in [1.807, 2.05) is 12.1 Å². The molecule has 0 fully saturated rings. The molecule has 7 aromatic carbocycles. The predicted molar refractivity (Wildman–Crippen MR) is 256 cm³/mol. The number of hydrogen-bond acceptors (Lipinski definition) is 6. The topological polar surface area (TPSA) is 51.6 Å². The Morgan fingerprint density at radius 2 is 0.677 bits per heavy atom. The quantitative estimate of drug-likeness (QED) is 0.168. The Balaban J connectivity index is 0.942. The molecule has 3 aliphatic carbocycles. The highest BCUT2D eigenvalue weighted by Gasteiger charge is 2.41. The van der Waals surface area contributed by atoms with Crippen LogP contribution in [0.2, 0.25) is 0 Å². The molecular formula is C56H34N4S2. The molecule has 4 nitrogen and oxygen atoms in total. The highest BCUT2D eigenvalue weighted by atomic mass is 32.1. The van der Waals surface area contributed by atoms with Crippen LogP contribution in [-0.4, -0.2) is 19.9 Å². The highest BCUT2D eigenvalue weighted by molar-refractivity contribution is 7.22. The molecule has 0 radical (unpaired) electrons. The predicted octanol–water partition coefficient (Wildman–Crippen LogP) is 14.7. The van der Waals surface area contributed by atoms with E-state index < -0.39 is 0 Å². The average molecular weight is 827 g/mol. The van der Waals surface area contributed by atoms with Crippen molar-refractivity contribution >= 4 is 42.8 Å². The van der Waals surface area contributed by atoms with Gasteiger partial charge in [-0.25, -0.2) is 19.9 Å². The van der Waals surface area contributed by atoms with Gasteiger partial charge in [0.25, 0.3) is 0 Å². The lowest BCUT2D eigenvalue weighted by Crippen LogP contribution is -2.27. The summed E-state index contributed by atoms with van der Waals surface area (Å²) in [6.07, 6.45) is 0. The third-order valence-corrected chi connectivity index (χ3v) is 14.8. The second-order valence-corrected chi connectivity index (χ2v) is 18.3. The van der Waals surface area contributed by atoms with E-state index in [0.29, 0.717) is 0 Å². The van der Waals surface area contributed by atoms with Crippen LogP contribution in [0.25, 0.3) is 86.6 Å². The highest BCUT2D eigenvalue weighted by Crippen LogP contribution is 2.57. The van der Waals surface area contributed by atoms with Crippen LogP contribution >= 0.6 is 22.7 Å². The molecule has 2 atom stereocenters. The first-order chi connectivity index (χ1) is 30.7. The molecule has 0 saturated carbocycles. The van der Waals surface area contributed by atoms with E-state index in [4.69, 9.17) is 19.9 Å². The van der Waals surface area contributed by atoms with Gasteiger partial charge in [0.05, 0.1) is 32.5 Å². The molecule has 0 aliphatic heterocycles. The van der Waals surface area contributed by atoms with Gasteiger partial charge in [0, 0.05) is 43.5 Å². The van der Waals surface area contributed by atoms with E-state index in [2.05, 4.69) is 182 Å². The van der Waals surface area contributed by atoms with Crippen LogP contribution < -0.4 is 0 Å². The fourth-order valence-electron chi connectivity index (χ4n) is 9.63. The summed E-state index contributed by atoms with van der Waals surface area (Å²) in [6, 6.07) is 69.7. The Bertz CT molecular complexity index is 3250. The van der Waals surface area contributed by atoms with E-state index in [0.717, 1.165) is 66.4 Å². The smallest absolute Gasteiger partial charge is 0.160 e. The molecule has 0 saturated heterocycles. The van der Waals surface area contributed by atoms with Gasteiger partial charge < -0.3 is 0 Å². The Kier molecular flexibility index (Phi) is 8.05. The van der Waals surface area contributed by atoms with Crippen LogP contribution in [0.1, 0.15) is 45.2 Å². The molecule has 62 heavy (non-hydrogen) atoms. The largest absolute Gasteiger partial charge is 0.228 e. The maximum atomic E-state index is 5.25. The minimum atomic E-state index is 0.0899. The second-order valence-electron chi connectivity index (χ2n) is 16.1. The zero-order valence-corrected chi connectivity index (χ0v) is 34.9. The van der Waals surface area contributed by atoms with Crippen molar-refractivity contribution < 1.29 is 0 Å². The van der Waals surface area contributed by atoms with E-state index in [1.165, 1.54) is 53.6 Å². The number of fused-ring (bicyclic) bond motifs is 2. The van der Waals surface area contributed by atoms with Crippen molar-refractivity contribution in [2.45, 2.75) is 11.8 Å². The van der Waals surface area contributed by atoms with Crippen LogP contribution in [0, 0.1) is 0 Å². The maximum absolute atomic E-state index is 5.25. The van der Waals surface area contributed by atoms with Gasteiger partial charge in [-0.1, -0.05) is 146 Å². The Hall–Kier alpha value is -7.38. The van der Waals surface area contributed by atoms with Gasteiger partial charge in [0.1, 0.15) is 0 Å². The van der Waals surface area contributed by atoms with Crippen LogP contribution in [0.3, 0.4) is 0 Å². The zero-order chi connectivity index (χ0) is 40.7. The summed E-state index contributed by atoms with van der Waals surface area (Å²) in [4.78, 5) is 23.1. The van der Waals surface area contributed by atoms with E-state index in [9.17, 15) is 0 Å². The minimum absolute atomic E-state index is 0.0899. The van der Waals surface area contributed by atoms with Gasteiger partial charge in [-0.15, -0.1) is 22.7 Å². The molecule has 0 amide bonds. The molecule has 3 aliphatic rings. The molecule has 2 unspecified atom stereocenters. The van der Waals surface area contributed by atoms with Gasteiger partial charge in [-0.3, -0.25) is 0 Å². The standard InChI is InChI=1S/C56H34N4S2/c1-3-13-33(14-4-1)55-57-45(31-47(59-55)51-29-37-17-7-11-21-49(37)61-51)35-23-25-41-43(27-35)53-39-19-9-10-20-40(39)54(41)44-28-36(24-26-42(44)53)46-32-48(52-30-38-18-8-12-22-50(38)62-52)60-56(58-46)34-15-5-2-6-16-34/h1-32,53-54H. The lowest BCUT2D eigenvalue weighted by Gasteiger charge is -2.42. The average Bonchev–Trinajstić information content (AvgIpc) is 3.99. The van der Waals surface area contributed by atoms with E-state index in [1.54, 1.807) is 22.7 Å². The Labute approximate surface area is 366 Å². The number of aromatic nitrogens is 4. The third kappa shape index (κ3) is 5.79. The molecule has 0 N–H and O–H groups in total. The van der Waals surface area contributed by atoms with Crippen molar-refractivity contribution in [1.29, 1.82) is 0 Å². The van der Waals surface area contributed by atoms with Gasteiger partial charge in [0.15, 0.2) is 11.6 Å². The van der Waals surface area contributed by atoms with Gasteiger partial charge >= 0.3 is 0 Å². The summed E-state index contributed by atoms with van der Waals surface area (Å²) in [5, 5.41) is 2.46. The Morgan fingerprint density at radius 1 is 0.290 bits per heavy atom. The van der Waals surface area contributed by atoms with E-state index in [-0.39, 0.29) is 11.8 Å². The lowest BCUT2D eigenvalue weighted by atomic mass is 9.60. The fraction of sp³-hybridized carbons (Fsp3) is 0.0357. The summed E-state index contributed by atoms with van der Waals surface area (Å²) < 4.78 is 2.50. The number of nitrogens with zero attached hydrogens (tertiary/aromatic N) is 4. The van der Waals surface area contributed by atoms with Crippen LogP contribution in [0.15, 0.2) is 194 Å². The first kappa shape index (κ1) is 35.4. The summed E-state index contributed by atoms with van der Waals surface area (Å²) in [5.74, 6) is 1.64. The molecule has 4 heterocycles. The van der Waals surface area contributed by atoms with Crippen molar-refractivity contribution in [3.63, 3.8) is 0 Å².